The number of hydrogen-bond donors (Lipinski definition) is 1. The molecule has 0 radical (unpaired) electrons. The van der Waals surface area contributed by atoms with Crippen molar-refractivity contribution in [2.24, 2.45) is 7.05 Å². The van der Waals surface area contributed by atoms with E-state index in [0.717, 1.165) is 36.1 Å². The van der Waals surface area contributed by atoms with E-state index in [1.54, 1.807) is 0 Å². The smallest absolute Gasteiger partial charge is 0.270 e. The zero-order chi connectivity index (χ0) is 12.4. The van der Waals surface area contributed by atoms with Gasteiger partial charge in [0.25, 0.3) is 5.91 Å². The van der Waals surface area contributed by atoms with Gasteiger partial charge in [0.1, 0.15) is 5.69 Å². The lowest BCUT2D eigenvalue weighted by Gasteiger charge is -2.24. The maximum absolute atomic E-state index is 12.4. The van der Waals surface area contributed by atoms with Crippen LogP contribution in [0.15, 0.2) is 16.7 Å². The minimum atomic E-state index is 0. The summed E-state index contributed by atoms with van der Waals surface area (Å²) in [5, 5.41) is 3.16. The Labute approximate surface area is 122 Å². The lowest BCUT2D eigenvalue weighted by molar-refractivity contribution is 0.0727. The van der Waals surface area contributed by atoms with Gasteiger partial charge in [-0.05, 0) is 41.9 Å². The van der Waals surface area contributed by atoms with Crippen molar-refractivity contribution in [1.82, 2.24) is 14.8 Å². The summed E-state index contributed by atoms with van der Waals surface area (Å²) in [5.74, 6) is 0.135. The standard InChI is InChI=1S/C12H18BrN3O.ClH/c1-14-7-10-4-3-5-16(10)12(17)11-6-9(13)8-15(11)2;/h6,8,10,14H,3-5,7H2,1-2H3;1H. The SMILES string of the molecule is CNCC1CCCN1C(=O)c1cc(Br)cn1C.Cl. The summed E-state index contributed by atoms with van der Waals surface area (Å²) in [4.78, 5) is 14.4. The Morgan fingerprint density at radius 2 is 2.33 bits per heavy atom. The molecule has 1 amide bonds. The quantitative estimate of drug-likeness (QED) is 0.917. The average molecular weight is 337 g/mol. The summed E-state index contributed by atoms with van der Waals surface area (Å²) < 4.78 is 2.83. The number of nitrogens with zero attached hydrogens (tertiary/aromatic N) is 2. The molecule has 1 aliphatic rings. The largest absolute Gasteiger partial charge is 0.345 e. The topological polar surface area (TPSA) is 37.3 Å². The fourth-order valence-corrected chi connectivity index (χ4v) is 2.96. The molecule has 1 aromatic heterocycles. The minimum Gasteiger partial charge on any atom is -0.345 e. The van der Waals surface area contributed by atoms with Gasteiger partial charge < -0.3 is 14.8 Å². The third-order valence-corrected chi connectivity index (χ3v) is 3.70. The van der Waals surface area contributed by atoms with Crippen LogP contribution >= 0.6 is 28.3 Å². The fraction of sp³-hybridized carbons (Fsp3) is 0.583. The Hall–Kier alpha value is -0.520. The molecule has 1 fully saturated rings. The second kappa shape index (κ2) is 6.59. The van der Waals surface area contributed by atoms with E-state index >= 15 is 0 Å². The predicted molar refractivity (Wildman–Crippen MR) is 78.3 cm³/mol. The minimum absolute atomic E-state index is 0. The van der Waals surface area contributed by atoms with Gasteiger partial charge in [-0.3, -0.25) is 4.79 Å². The number of hydrogen-bond acceptors (Lipinski definition) is 2. The van der Waals surface area contributed by atoms with Gasteiger partial charge in [-0.15, -0.1) is 12.4 Å². The van der Waals surface area contributed by atoms with Gasteiger partial charge in [0.05, 0.1) is 0 Å². The van der Waals surface area contributed by atoms with Crippen LogP contribution in [-0.4, -0.2) is 41.6 Å². The van der Waals surface area contributed by atoms with E-state index in [9.17, 15) is 4.79 Å². The van der Waals surface area contributed by atoms with Crippen molar-refractivity contribution in [1.29, 1.82) is 0 Å². The predicted octanol–water partition coefficient (Wildman–Crippen LogP) is 2.03. The third-order valence-electron chi connectivity index (χ3n) is 3.27. The van der Waals surface area contributed by atoms with Crippen molar-refractivity contribution < 1.29 is 4.79 Å². The van der Waals surface area contributed by atoms with Crippen molar-refractivity contribution in [2.75, 3.05) is 20.1 Å². The Bertz CT molecular complexity index is 421. The van der Waals surface area contributed by atoms with Crippen molar-refractivity contribution in [3.8, 4) is 0 Å². The number of aryl methyl sites for hydroxylation is 1. The van der Waals surface area contributed by atoms with Crippen molar-refractivity contribution in [2.45, 2.75) is 18.9 Å². The molecule has 0 aliphatic carbocycles. The van der Waals surface area contributed by atoms with E-state index in [4.69, 9.17) is 0 Å². The molecule has 0 spiro atoms. The number of likely N-dealkylation sites (tertiary alicyclic amines) is 1. The molecular formula is C12H19BrClN3O. The first-order valence-electron chi connectivity index (χ1n) is 5.91. The molecule has 1 saturated heterocycles. The molecule has 1 aromatic rings. The average Bonchev–Trinajstić information content (AvgIpc) is 2.85. The first-order chi connectivity index (χ1) is 8.13. The summed E-state index contributed by atoms with van der Waals surface area (Å²) in [7, 11) is 3.83. The third kappa shape index (κ3) is 3.08. The lowest BCUT2D eigenvalue weighted by Crippen LogP contribution is -2.41. The van der Waals surface area contributed by atoms with Crippen LogP contribution in [0.25, 0.3) is 0 Å². The van der Waals surface area contributed by atoms with Crippen LogP contribution in [0.3, 0.4) is 0 Å². The Kier molecular flexibility index (Phi) is 5.69. The maximum Gasteiger partial charge on any atom is 0.270 e. The number of aromatic nitrogens is 1. The Morgan fingerprint density at radius 1 is 1.61 bits per heavy atom. The highest BCUT2D eigenvalue weighted by molar-refractivity contribution is 9.10. The van der Waals surface area contributed by atoms with Gasteiger partial charge in [0.2, 0.25) is 0 Å². The normalized spacial score (nSPS) is 18.8. The zero-order valence-electron chi connectivity index (χ0n) is 10.6. The molecule has 1 N–H and O–H groups in total. The van der Waals surface area contributed by atoms with Gasteiger partial charge in [-0.1, -0.05) is 0 Å². The van der Waals surface area contributed by atoms with E-state index in [0.29, 0.717) is 6.04 Å². The molecule has 6 heteroatoms. The molecule has 2 heterocycles. The van der Waals surface area contributed by atoms with Crippen LogP contribution < -0.4 is 5.32 Å². The first-order valence-corrected chi connectivity index (χ1v) is 6.70. The Morgan fingerprint density at radius 3 is 2.89 bits per heavy atom. The van der Waals surface area contributed by atoms with E-state index in [1.807, 2.05) is 35.8 Å². The highest BCUT2D eigenvalue weighted by Crippen LogP contribution is 2.21. The summed E-state index contributed by atoms with van der Waals surface area (Å²) in [6.45, 7) is 1.74. The summed E-state index contributed by atoms with van der Waals surface area (Å²) in [5.41, 5.74) is 0.750. The monoisotopic (exact) mass is 335 g/mol. The Balaban J connectivity index is 0.00000162. The highest BCUT2D eigenvalue weighted by Gasteiger charge is 2.29. The van der Waals surface area contributed by atoms with Gasteiger partial charge in [0, 0.05) is 36.8 Å². The van der Waals surface area contributed by atoms with Crippen molar-refractivity contribution >= 4 is 34.2 Å². The molecule has 2 rings (SSSR count). The molecule has 1 atom stereocenters. The van der Waals surface area contributed by atoms with Gasteiger partial charge >= 0.3 is 0 Å². The molecule has 0 aromatic carbocycles. The number of rotatable bonds is 3. The van der Waals surface area contributed by atoms with Gasteiger partial charge in [-0.25, -0.2) is 0 Å². The van der Waals surface area contributed by atoms with Crippen LogP contribution in [0.2, 0.25) is 0 Å². The van der Waals surface area contributed by atoms with Crippen molar-refractivity contribution in [3.63, 3.8) is 0 Å². The van der Waals surface area contributed by atoms with Crippen LogP contribution in [0.1, 0.15) is 23.3 Å². The van der Waals surface area contributed by atoms with Gasteiger partial charge in [-0.2, -0.15) is 0 Å². The van der Waals surface area contributed by atoms with Crippen molar-refractivity contribution in [3.05, 3.63) is 22.4 Å². The summed E-state index contributed by atoms with van der Waals surface area (Å²) in [6, 6.07) is 2.22. The molecular weight excluding hydrogens is 318 g/mol. The molecule has 102 valence electrons. The van der Waals surface area contributed by atoms with Gasteiger partial charge in [0.15, 0.2) is 0 Å². The van der Waals surface area contributed by atoms with E-state index in [-0.39, 0.29) is 18.3 Å². The number of carbonyl (C=O) groups excluding carboxylic acids is 1. The van der Waals surface area contributed by atoms with E-state index < -0.39 is 0 Å². The van der Waals surface area contributed by atoms with E-state index in [2.05, 4.69) is 21.2 Å². The molecule has 0 bridgehead atoms. The molecule has 0 saturated carbocycles. The number of carbonyl (C=O) groups is 1. The van der Waals surface area contributed by atoms with Crippen LogP contribution in [0, 0.1) is 0 Å². The number of likely N-dealkylation sites (N-methyl/N-ethyl adjacent to an activating group) is 1. The maximum atomic E-state index is 12.4. The second-order valence-electron chi connectivity index (χ2n) is 4.51. The molecule has 4 nitrogen and oxygen atoms in total. The van der Waals surface area contributed by atoms with Crippen LogP contribution in [0.4, 0.5) is 0 Å². The van der Waals surface area contributed by atoms with E-state index in [1.165, 1.54) is 0 Å². The lowest BCUT2D eigenvalue weighted by atomic mass is 10.2. The molecule has 18 heavy (non-hydrogen) atoms. The number of amides is 1. The zero-order valence-corrected chi connectivity index (χ0v) is 13.1. The summed E-state index contributed by atoms with van der Waals surface area (Å²) >= 11 is 3.40. The first kappa shape index (κ1) is 15.5. The number of nitrogens with one attached hydrogen (secondary N) is 1. The number of halogens is 2. The van der Waals surface area contributed by atoms with Crippen LogP contribution in [-0.2, 0) is 7.05 Å². The summed E-state index contributed by atoms with van der Waals surface area (Å²) in [6.07, 6.45) is 4.11. The van der Waals surface area contributed by atoms with Crippen LogP contribution in [0.5, 0.6) is 0 Å². The molecule has 1 unspecified atom stereocenters. The molecule has 1 aliphatic heterocycles. The second-order valence-corrected chi connectivity index (χ2v) is 5.42. The fourth-order valence-electron chi connectivity index (χ4n) is 2.43. The highest BCUT2D eigenvalue weighted by atomic mass is 79.9.